The lowest BCUT2D eigenvalue weighted by atomic mass is 10.1. The summed E-state index contributed by atoms with van der Waals surface area (Å²) in [7, 11) is 2.22. The summed E-state index contributed by atoms with van der Waals surface area (Å²) in [5, 5.41) is 3.48. The molecule has 0 aromatic rings. The van der Waals surface area contributed by atoms with Crippen LogP contribution in [0.2, 0.25) is 0 Å². The molecule has 0 atom stereocenters. The number of hydrogen-bond donors (Lipinski definition) is 1. The van der Waals surface area contributed by atoms with E-state index >= 15 is 0 Å². The van der Waals surface area contributed by atoms with Gasteiger partial charge in [-0.25, -0.2) is 0 Å². The van der Waals surface area contributed by atoms with Crippen molar-refractivity contribution in [1.29, 1.82) is 0 Å². The Balaban J connectivity index is 1.90. The van der Waals surface area contributed by atoms with Crippen molar-refractivity contribution in [3.8, 4) is 0 Å². The highest BCUT2D eigenvalue weighted by Crippen LogP contribution is 2.11. The highest BCUT2D eigenvalue weighted by molar-refractivity contribution is 4.72. The van der Waals surface area contributed by atoms with Crippen LogP contribution in [0, 0.1) is 0 Å². The Kier molecular flexibility index (Phi) is 8.59. The van der Waals surface area contributed by atoms with E-state index in [2.05, 4.69) is 31.1 Å². The van der Waals surface area contributed by atoms with Crippen molar-refractivity contribution in [2.24, 2.45) is 0 Å². The standard InChI is InChI=1S/C14H30N2O2/c1-13(2)18-10-4-7-15-8-9-16(3)14-5-11-17-12-6-14/h13-15H,4-12H2,1-3H3. The molecule has 0 aromatic carbocycles. The minimum absolute atomic E-state index is 0.352. The second-order valence-corrected chi connectivity index (χ2v) is 5.35. The summed E-state index contributed by atoms with van der Waals surface area (Å²) in [5.74, 6) is 0. The molecule has 0 aliphatic carbocycles. The number of nitrogens with one attached hydrogen (secondary N) is 1. The Morgan fingerprint density at radius 2 is 2.00 bits per heavy atom. The highest BCUT2D eigenvalue weighted by atomic mass is 16.5. The van der Waals surface area contributed by atoms with Crippen molar-refractivity contribution in [1.82, 2.24) is 10.2 Å². The molecule has 0 radical (unpaired) electrons. The van der Waals surface area contributed by atoms with Gasteiger partial charge in [0, 0.05) is 39.0 Å². The largest absolute Gasteiger partial charge is 0.381 e. The van der Waals surface area contributed by atoms with Crippen LogP contribution in [0.1, 0.15) is 33.1 Å². The van der Waals surface area contributed by atoms with E-state index in [1.165, 1.54) is 12.8 Å². The van der Waals surface area contributed by atoms with E-state index in [1.54, 1.807) is 0 Å². The molecule has 1 heterocycles. The van der Waals surface area contributed by atoms with Crippen molar-refractivity contribution < 1.29 is 9.47 Å². The predicted molar refractivity (Wildman–Crippen MR) is 75.0 cm³/mol. The lowest BCUT2D eigenvalue weighted by Crippen LogP contribution is -2.40. The number of nitrogens with zero attached hydrogens (tertiary/aromatic N) is 1. The quantitative estimate of drug-likeness (QED) is 0.636. The second kappa shape index (κ2) is 9.73. The Hall–Kier alpha value is -0.160. The van der Waals surface area contributed by atoms with Gasteiger partial charge in [0.2, 0.25) is 0 Å². The first-order valence-corrected chi connectivity index (χ1v) is 7.30. The average molecular weight is 258 g/mol. The summed E-state index contributed by atoms with van der Waals surface area (Å²) >= 11 is 0. The molecule has 4 heteroatoms. The first-order valence-electron chi connectivity index (χ1n) is 7.30. The lowest BCUT2D eigenvalue weighted by Gasteiger charge is -2.31. The maximum Gasteiger partial charge on any atom is 0.0518 e. The van der Waals surface area contributed by atoms with E-state index in [1.807, 2.05) is 0 Å². The zero-order valence-electron chi connectivity index (χ0n) is 12.3. The van der Waals surface area contributed by atoms with Crippen molar-refractivity contribution >= 4 is 0 Å². The molecule has 1 aliphatic rings. The summed E-state index contributed by atoms with van der Waals surface area (Å²) in [6, 6.07) is 0.713. The molecular weight excluding hydrogens is 228 g/mol. The van der Waals surface area contributed by atoms with Crippen molar-refractivity contribution in [2.75, 3.05) is 46.5 Å². The molecule has 4 nitrogen and oxygen atoms in total. The van der Waals surface area contributed by atoms with Gasteiger partial charge in [-0.1, -0.05) is 0 Å². The van der Waals surface area contributed by atoms with Crippen molar-refractivity contribution in [3.63, 3.8) is 0 Å². The normalized spacial score (nSPS) is 17.8. The van der Waals surface area contributed by atoms with Crippen LogP contribution in [0.4, 0.5) is 0 Å². The smallest absolute Gasteiger partial charge is 0.0518 e. The Morgan fingerprint density at radius 1 is 1.28 bits per heavy atom. The van der Waals surface area contributed by atoms with Gasteiger partial charge < -0.3 is 19.7 Å². The van der Waals surface area contributed by atoms with Gasteiger partial charge in [0.05, 0.1) is 6.10 Å². The SMILES string of the molecule is CC(C)OCCCNCCN(C)C1CCOCC1. The minimum atomic E-state index is 0.352. The molecule has 1 saturated heterocycles. The molecule has 1 aliphatic heterocycles. The van der Waals surface area contributed by atoms with Crippen LogP contribution in [0.3, 0.4) is 0 Å². The number of ether oxygens (including phenoxy) is 2. The molecule has 0 saturated carbocycles. The third kappa shape index (κ3) is 7.31. The van der Waals surface area contributed by atoms with Crippen LogP contribution < -0.4 is 5.32 Å². The van der Waals surface area contributed by atoms with Gasteiger partial charge in [0.1, 0.15) is 0 Å². The number of rotatable bonds is 9. The summed E-state index contributed by atoms with van der Waals surface area (Å²) in [6.45, 7) is 10.1. The van der Waals surface area contributed by atoms with Crippen LogP contribution in [-0.2, 0) is 9.47 Å². The monoisotopic (exact) mass is 258 g/mol. The second-order valence-electron chi connectivity index (χ2n) is 5.35. The summed E-state index contributed by atoms with van der Waals surface area (Å²) in [4.78, 5) is 2.46. The molecule has 0 spiro atoms. The van der Waals surface area contributed by atoms with Gasteiger partial charge in [-0.15, -0.1) is 0 Å². The lowest BCUT2D eigenvalue weighted by molar-refractivity contribution is 0.0432. The molecule has 0 aromatic heterocycles. The van der Waals surface area contributed by atoms with Crippen LogP contribution in [0.5, 0.6) is 0 Å². The van der Waals surface area contributed by atoms with Crippen LogP contribution in [-0.4, -0.2) is 63.5 Å². The van der Waals surface area contributed by atoms with E-state index < -0.39 is 0 Å². The Morgan fingerprint density at radius 3 is 2.67 bits per heavy atom. The Bertz CT molecular complexity index is 194. The van der Waals surface area contributed by atoms with Crippen LogP contribution in [0.25, 0.3) is 0 Å². The first-order chi connectivity index (χ1) is 8.70. The average Bonchev–Trinajstić information content (AvgIpc) is 2.38. The fraction of sp³-hybridized carbons (Fsp3) is 1.00. The van der Waals surface area contributed by atoms with E-state index in [9.17, 15) is 0 Å². The zero-order chi connectivity index (χ0) is 13.2. The molecule has 108 valence electrons. The Labute approximate surface area is 112 Å². The molecule has 18 heavy (non-hydrogen) atoms. The van der Waals surface area contributed by atoms with Gasteiger partial charge >= 0.3 is 0 Å². The van der Waals surface area contributed by atoms with E-state index in [4.69, 9.17) is 9.47 Å². The van der Waals surface area contributed by atoms with Gasteiger partial charge in [-0.2, -0.15) is 0 Å². The summed E-state index contributed by atoms with van der Waals surface area (Å²) in [5.41, 5.74) is 0. The van der Waals surface area contributed by atoms with Crippen molar-refractivity contribution in [3.05, 3.63) is 0 Å². The van der Waals surface area contributed by atoms with Gasteiger partial charge in [0.25, 0.3) is 0 Å². The van der Waals surface area contributed by atoms with E-state index in [0.717, 1.165) is 45.9 Å². The zero-order valence-corrected chi connectivity index (χ0v) is 12.3. The number of hydrogen-bond acceptors (Lipinski definition) is 4. The van der Waals surface area contributed by atoms with Gasteiger partial charge in [0.15, 0.2) is 0 Å². The highest BCUT2D eigenvalue weighted by Gasteiger charge is 2.17. The molecular formula is C14H30N2O2. The third-order valence-corrected chi connectivity index (χ3v) is 3.40. The van der Waals surface area contributed by atoms with Gasteiger partial charge in [-0.3, -0.25) is 0 Å². The molecule has 1 rings (SSSR count). The fourth-order valence-electron chi connectivity index (χ4n) is 2.21. The molecule has 0 amide bonds. The summed E-state index contributed by atoms with van der Waals surface area (Å²) < 4.78 is 10.9. The van der Waals surface area contributed by atoms with E-state index in [-0.39, 0.29) is 0 Å². The maximum absolute atomic E-state index is 5.50. The maximum atomic E-state index is 5.50. The molecule has 1 fully saturated rings. The third-order valence-electron chi connectivity index (χ3n) is 3.40. The predicted octanol–water partition coefficient (Wildman–Crippen LogP) is 1.50. The van der Waals surface area contributed by atoms with Crippen LogP contribution in [0.15, 0.2) is 0 Å². The fourth-order valence-corrected chi connectivity index (χ4v) is 2.21. The van der Waals surface area contributed by atoms with E-state index in [0.29, 0.717) is 12.1 Å². The van der Waals surface area contributed by atoms with Gasteiger partial charge in [-0.05, 0) is 46.7 Å². The first kappa shape index (κ1) is 15.9. The molecule has 0 unspecified atom stereocenters. The number of likely N-dealkylation sites (N-methyl/N-ethyl adjacent to an activating group) is 1. The molecule has 0 bridgehead atoms. The minimum Gasteiger partial charge on any atom is -0.381 e. The van der Waals surface area contributed by atoms with Crippen molar-refractivity contribution in [2.45, 2.75) is 45.3 Å². The molecule has 1 N–H and O–H groups in total. The topological polar surface area (TPSA) is 33.7 Å². The summed E-state index contributed by atoms with van der Waals surface area (Å²) in [6.07, 6.45) is 3.81. The van der Waals surface area contributed by atoms with Crippen LogP contribution >= 0.6 is 0 Å².